The van der Waals surface area contributed by atoms with E-state index < -0.39 is 0 Å². The molecule has 0 spiro atoms. The van der Waals surface area contributed by atoms with E-state index in [2.05, 4.69) is 9.98 Å². The SMILES string of the molecule is CC(=O)c1cccc(C(C)=NCc2ccccc2)n1. The second-order valence-corrected chi connectivity index (χ2v) is 4.35. The second-order valence-electron chi connectivity index (χ2n) is 4.35. The lowest BCUT2D eigenvalue weighted by Gasteiger charge is -2.02. The molecule has 0 saturated carbocycles. The van der Waals surface area contributed by atoms with Crippen LogP contribution in [0.4, 0.5) is 0 Å². The summed E-state index contributed by atoms with van der Waals surface area (Å²) in [4.78, 5) is 20.1. The number of pyridine rings is 1. The fourth-order valence-electron chi connectivity index (χ4n) is 1.71. The number of aliphatic imine (C=N–C) groups is 1. The number of nitrogens with zero attached hydrogens (tertiary/aromatic N) is 2. The lowest BCUT2D eigenvalue weighted by Crippen LogP contribution is -2.04. The van der Waals surface area contributed by atoms with Gasteiger partial charge in [0.15, 0.2) is 5.78 Å². The molecule has 0 aliphatic rings. The fraction of sp³-hybridized carbons (Fsp3) is 0.188. The van der Waals surface area contributed by atoms with Gasteiger partial charge >= 0.3 is 0 Å². The van der Waals surface area contributed by atoms with Crippen LogP contribution < -0.4 is 0 Å². The van der Waals surface area contributed by atoms with Gasteiger partial charge in [0.1, 0.15) is 5.69 Å². The van der Waals surface area contributed by atoms with Crippen LogP contribution in [-0.4, -0.2) is 16.5 Å². The van der Waals surface area contributed by atoms with Crippen LogP contribution in [0, 0.1) is 0 Å². The molecule has 0 radical (unpaired) electrons. The van der Waals surface area contributed by atoms with E-state index in [0.29, 0.717) is 12.2 Å². The first-order valence-corrected chi connectivity index (χ1v) is 6.20. The highest BCUT2D eigenvalue weighted by molar-refractivity contribution is 5.99. The third-order valence-electron chi connectivity index (χ3n) is 2.82. The number of hydrogen-bond donors (Lipinski definition) is 0. The zero-order chi connectivity index (χ0) is 13.7. The normalized spacial score (nSPS) is 11.4. The summed E-state index contributed by atoms with van der Waals surface area (Å²) in [6.07, 6.45) is 0. The van der Waals surface area contributed by atoms with E-state index in [1.807, 2.05) is 49.4 Å². The second kappa shape index (κ2) is 6.05. The van der Waals surface area contributed by atoms with Crippen LogP contribution >= 0.6 is 0 Å². The fourth-order valence-corrected chi connectivity index (χ4v) is 1.71. The monoisotopic (exact) mass is 252 g/mol. The molecule has 1 heterocycles. The lowest BCUT2D eigenvalue weighted by atomic mass is 10.2. The zero-order valence-electron chi connectivity index (χ0n) is 11.1. The zero-order valence-corrected chi connectivity index (χ0v) is 11.1. The Bertz CT molecular complexity index is 603. The van der Waals surface area contributed by atoms with E-state index in [9.17, 15) is 4.79 Å². The maximum atomic E-state index is 11.3. The Labute approximate surface area is 113 Å². The summed E-state index contributed by atoms with van der Waals surface area (Å²) in [6, 6.07) is 15.5. The van der Waals surface area contributed by atoms with Gasteiger partial charge in [-0.05, 0) is 24.6 Å². The number of benzene rings is 1. The summed E-state index contributed by atoms with van der Waals surface area (Å²) in [7, 11) is 0. The van der Waals surface area contributed by atoms with Crippen LogP contribution in [0.25, 0.3) is 0 Å². The van der Waals surface area contributed by atoms with Gasteiger partial charge in [-0.3, -0.25) is 9.79 Å². The number of Topliss-reactive ketones (excluding diaryl/α,β-unsaturated/α-hetero) is 1. The van der Waals surface area contributed by atoms with Crippen LogP contribution in [-0.2, 0) is 6.54 Å². The molecule has 0 fully saturated rings. The highest BCUT2D eigenvalue weighted by atomic mass is 16.1. The minimum Gasteiger partial charge on any atom is -0.293 e. The first kappa shape index (κ1) is 13.1. The molecule has 0 aliphatic carbocycles. The molecule has 0 N–H and O–H groups in total. The van der Waals surface area contributed by atoms with Crippen molar-refractivity contribution in [3.8, 4) is 0 Å². The maximum absolute atomic E-state index is 11.3. The van der Waals surface area contributed by atoms with Crippen molar-refractivity contribution < 1.29 is 4.79 Å². The average molecular weight is 252 g/mol. The quantitative estimate of drug-likeness (QED) is 0.619. The summed E-state index contributed by atoms with van der Waals surface area (Å²) in [5, 5.41) is 0. The van der Waals surface area contributed by atoms with Crippen LogP contribution in [0.2, 0.25) is 0 Å². The van der Waals surface area contributed by atoms with Gasteiger partial charge in [0, 0.05) is 6.92 Å². The molecule has 2 aromatic rings. The smallest absolute Gasteiger partial charge is 0.178 e. The van der Waals surface area contributed by atoms with Gasteiger partial charge in [0.25, 0.3) is 0 Å². The molecule has 3 nitrogen and oxygen atoms in total. The molecule has 0 bridgehead atoms. The molecule has 3 heteroatoms. The van der Waals surface area contributed by atoms with Crippen LogP contribution in [0.1, 0.15) is 35.6 Å². The Balaban J connectivity index is 2.17. The third kappa shape index (κ3) is 3.58. The summed E-state index contributed by atoms with van der Waals surface area (Å²) < 4.78 is 0. The van der Waals surface area contributed by atoms with E-state index >= 15 is 0 Å². The lowest BCUT2D eigenvalue weighted by molar-refractivity contribution is 0.101. The number of rotatable bonds is 4. The number of carbonyl (C=O) groups excluding carboxylic acids is 1. The molecule has 19 heavy (non-hydrogen) atoms. The van der Waals surface area contributed by atoms with E-state index in [1.165, 1.54) is 6.92 Å². The Morgan fingerprint density at radius 3 is 2.37 bits per heavy atom. The van der Waals surface area contributed by atoms with E-state index in [4.69, 9.17) is 0 Å². The Hall–Kier alpha value is -2.29. The summed E-state index contributed by atoms with van der Waals surface area (Å²) in [6.45, 7) is 4.05. The Kier molecular flexibility index (Phi) is 4.18. The van der Waals surface area contributed by atoms with Crippen molar-refractivity contribution in [2.24, 2.45) is 4.99 Å². The highest BCUT2D eigenvalue weighted by Gasteiger charge is 2.04. The maximum Gasteiger partial charge on any atom is 0.178 e. The predicted molar refractivity (Wildman–Crippen MR) is 76.6 cm³/mol. The van der Waals surface area contributed by atoms with Crippen LogP contribution in [0.15, 0.2) is 53.5 Å². The highest BCUT2D eigenvalue weighted by Crippen LogP contribution is 2.05. The van der Waals surface area contributed by atoms with Crippen molar-refractivity contribution in [2.45, 2.75) is 20.4 Å². The standard InChI is InChI=1S/C16H16N2O/c1-12(17-11-14-7-4-3-5-8-14)15-9-6-10-16(18-15)13(2)19/h3-10H,11H2,1-2H3. The van der Waals surface area contributed by atoms with Crippen LogP contribution in [0.3, 0.4) is 0 Å². The topological polar surface area (TPSA) is 42.3 Å². The minimum atomic E-state index is -0.0299. The molecule has 0 unspecified atom stereocenters. The number of carbonyl (C=O) groups is 1. The largest absolute Gasteiger partial charge is 0.293 e. The molecule has 0 aliphatic heterocycles. The first-order chi connectivity index (χ1) is 9.16. The van der Waals surface area contributed by atoms with Gasteiger partial charge in [0.2, 0.25) is 0 Å². The Morgan fingerprint density at radius 2 is 1.68 bits per heavy atom. The third-order valence-corrected chi connectivity index (χ3v) is 2.82. The van der Waals surface area contributed by atoms with Crippen molar-refractivity contribution in [2.75, 3.05) is 0 Å². The van der Waals surface area contributed by atoms with Gasteiger partial charge in [-0.2, -0.15) is 0 Å². The molecule has 1 aromatic carbocycles. The predicted octanol–water partition coefficient (Wildman–Crippen LogP) is 3.29. The van der Waals surface area contributed by atoms with Crippen molar-refractivity contribution in [3.05, 3.63) is 65.5 Å². The average Bonchev–Trinajstić information content (AvgIpc) is 2.46. The van der Waals surface area contributed by atoms with Crippen LogP contribution in [0.5, 0.6) is 0 Å². The van der Waals surface area contributed by atoms with E-state index in [1.54, 1.807) is 6.07 Å². The van der Waals surface area contributed by atoms with Gasteiger partial charge in [0.05, 0.1) is 18.0 Å². The summed E-state index contributed by atoms with van der Waals surface area (Å²) in [5.41, 5.74) is 3.23. The number of aromatic nitrogens is 1. The first-order valence-electron chi connectivity index (χ1n) is 6.20. The van der Waals surface area contributed by atoms with Crippen molar-refractivity contribution in [3.63, 3.8) is 0 Å². The van der Waals surface area contributed by atoms with Crippen molar-refractivity contribution in [1.29, 1.82) is 0 Å². The molecule has 2 rings (SSSR count). The summed E-state index contributed by atoms with van der Waals surface area (Å²) >= 11 is 0. The van der Waals surface area contributed by atoms with E-state index in [0.717, 1.165) is 17.0 Å². The van der Waals surface area contributed by atoms with Crippen molar-refractivity contribution in [1.82, 2.24) is 4.98 Å². The molecule has 0 amide bonds. The van der Waals surface area contributed by atoms with Crippen molar-refractivity contribution >= 4 is 11.5 Å². The van der Waals surface area contributed by atoms with Gasteiger partial charge < -0.3 is 0 Å². The molecule has 0 atom stereocenters. The van der Waals surface area contributed by atoms with Gasteiger partial charge in [-0.1, -0.05) is 36.4 Å². The molecule has 1 aromatic heterocycles. The summed E-state index contributed by atoms with van der Waals surface area (Å²) in [5.74, 6) is -0.0299. The number of hydrogen-bond acceptors (Lipinski definition) is 3. The Morgan fingerprint density at radius 1 is 1.00 bits per heavy atom. The van der Waals surface area contributed by atoms with Gasteiger partial charge in [-0.15, -0.1) is 0 Å². The molecular formula is C16H16N2O. The number of ketones is 1. The molecule has 0 saturated heterocycles. The minimum absolute atomic E-state index is 0.0299. The van der Waals surface area contributed by atoms with Gasteiger partial charge in [-0.25, -0.2) is 4.98 Å². The molecular weight excluding hydrogens is 236 g/mol. The molecule has 96 valence electrons. The van der Waals surface area contributed by atoms with E-state index in [-0.39, 0.29) is 5.78 Å².